The van der Waals surface area contributed by atoms with Crippen molar-refractivity contribution in [3.05, 3.63) is 140 Å². The Balaban J connectivity index is 1.34. The van der Waals surface area contributed by atoms with Crippen LogP contribution in [0.5, 0.6) is 0 Å². The van der Waals surface area contributed by atoms with Crippen LogP contribution in [0.15, 0.2) is 144 Å². The molecule has 4 nitrogen and oxygen atoms in total. The summed E-state index contributed by atoms with van der Waals surface area (Å²) in [5, 5.41) is 8.89. The van der Waals surface area contributed by atoms with Crippen molar-refractivity contribution in [1.29, 1.82) is 0 Å². The van der Waals surface area contributed by atoms with Crippen molar-refractivity contribution in [2.45, 2.75) is 0 Å². The Hall–Kier alpha value is -5.91. The summed E-state index contributed by atoms with van der Waals surface area (Å²) < 4.78 is 8.88. The standard InChI is InChI=1S/C41H23N3OS/c1-2-11-25-22-27(21-20-24(25)10-1)39-42-40(31-16-9-19-35-36(31)30-15-6-8-18-34(30)46-35)44-41(43-39)38-28-13-4-3-12-26(28)23-33-37(38)29-14-5-7-17-32(29)45-33/h1-23H. The van der Waals surface area contributed by atoms with E-state index in [4.69, 9.17) is 19.4 Å². The lowest BCUT2D eigenvalue weighted by atomic mass is 9.97. The van der Waals surface area contributed by atoms with Gasteiger partial charge >= 0.3 is 0 Å². The molecule has 0 atom stereocenters. The molecule has 0 amide bonds. The molecule has 214 valence electrons. The molecule has 10 rings (SSSR count). The summed E-state index contributed by atoms with van der Waals surface area (Å²) >= 11 is 1.80. The van der Waals surface area contributed by atoms with E-state index in [1.54, 1.807) is 11.3 Å². The average molecular weight is 606 g/mol. The third-order valence-corrected chi connectivity index (χ3v) is 10.0. The van der Waals surface area contributed by atoms with Crippen LogP contribution in [0, 0.1) is 0 Å². The summed E-state index contributed by atoms with van der Waals surface area (Å²) in [5.74, 6) is 1.91. The first-order valence-corrected chi connectivity index (χ1v) is 16.1. The zero-order valence-electron chi connectivity index (χ0n) is 24.4. The Kier molecular flexibility index (Phi) is 5.41. The molecule has 5 heteroatoms. The molecular weight excluding hydrogens is 583 g/mol. The lowest BCUT2D eigenvalue weighted by Gasteiger charge is -2.12. The number of hydrogen-bond acceptors (Lipinski definition) is 5. The van der Waals surface area contributed by atoms with E-state index in [0.717, 1.165) is 54.8 Å². The van der Waals surface area contributed by atoms with Crippen LogP contribution in [0.1, 0.15) is 0 Å². The number of rotatable bonds is 3. The molecule has 46 heavy (non-hydrogen) atoms. The van der Waals surface area contributed by atoms with E-state index in [2.05, 4.69) is 127 Å². The van der Waals surface area contributed by atoms with Crippen LogP contribution in [-0.2, 0) is 0 Å². The number of thiophene rings is 1. The zero-order chi connectivity index (χ0) is 30.2. The van der Waals surface area contributed by atoms with E-state index in [9.17, 15) is 0 Å². The first-order chi connectivity index (χ1) is 22.8. The first kappa shape index (κ1) is 25.4. The van der Waals surface area contributed by atoms with Gasteiger partial charge in [0.15, 0.2) is 17.5 Å². The molecule has 0 bridgehead atoms. The van der Waals surface area contributed by atoms with Crippen molar-refractivity contribution >= 4 is 75.0 Å². The van der Waals surface area contributed by atoms with Gasteiger partial charge in [0.05, 0.1) is 0 Å². The van der Waals surface area contributed by atoms with Crippen molar-refractivity contribution in [1.82, 2.24) is 15.0 Å². The molecule has 0 radical (unpaired) electrons. The molecule has 7 aromatic carbocycles. The van der Waals surface area contributed by atoms with Crippen LogP contribution in [-0.4, -0.2) is 15.0 Å². The second kappa shape index (κ2) is 9.80. The summed E-state index contributed by atoms with van der Waals surface area (Å²) in [6, 6.07) is 48.5. The average Bonchev–Trinajstić information content (AvgIpc) is 3.68. The van der Waals surface area contributed by atoms with E-state index >= 15 is 0 Å². The second-order valence-electron chi connectivity index (χ2n) is 11.6. The summed E-state index contributed by atoms with van der Waals surface area (Å²) in [5.41, 5.74) is 4.54. The predicted molar refractivity (Wildman–Crippen MR) is 191 cm³/mol. The topological polar surface area (TPSA) is 51.8 Å². The molecular formula is C41H23N3OS. The van der Waals surface area contributed by atoms with E-state index in [1.807, 2.05) is 12.1 Å². The maximum absolute atomic E-state index is 6.43. The molecule has 0 saturated heterocycles. The molecule has 0 spiro atoms. The van der Waals surface area contributed by atoms with Gasteiger partial charge in [0.2, 0.25) is 0 Å². The minimum Gasteiger partial charge on any atom is -0.456 e. The van der Waals surface area contributed by atoms with Crippen molar-refractivity contribution < 1.29 is 4.42 Å². The van der Waals surface area contributed by atoms with E-state index in [1.165, 1.54) is 25.6 Å². The quantitative estimate of drug-likeness (QED) is 0.201. The maximum atomic E-state index is 6.43. The van der Waals surface area contributed by atoms with Crippen LogP contribution in [0.25, 0.3) is 97.8 Å². The number of fused-ring (bicyclic) bond motifs is 8. The van der Waals surface area contributed by atoms with Crippen LogP contribution in [0.4, 0.5) is 0 Å². The van der Waals surface area contributed by atoms with E-state index < -0.39 is 0 Å². The lowest BCUT2D eigenvalue weighted by Crippen LogP contribution is -2.01. The van der Waals surface area contributed by atoms with Crippen molar-refractivity contribution in [2.75, 3.05) is 0 Å². The number of benzene rings is 7. The number of furan rings is 1. The van der Waals surface area contributed by atoms with Crippen LogP contribution in [0.3, 0.4) is 0 Å². The Morgan fingerprint density at radius 2 is 1.13 bits per heavy atom. The molecule has 0 aliphatic rings. The minimum atomic E-state index is 0.623. The highest BCUT2D eigenvalue weighted by Crippen LogP contribution is 2.43. The van der Waals surface area contributed by atoms with E-state index in [-0.39, 0.29) is 0 Å². The van der Waals surface area contributed by atoms with Crippen molar-refractivity contribution in [3.8, 4) is 34.2 Å². The number of para-hydroxylation sites is 1. The summed E-state index contributed by atoms with van der Waals surface area (Å²) in [6.07, 6.45) is 0. The predicted octanol–water partition coefficient (Wildman–Crippen LogP) is 11.4. The molecule has 0 fully saturated rings. The monoisotopic (exact) mass is 605 g/mol. The molecule has 0 saturated carbocycles. The van der Waals surface area contributed by atoms with Gasteiger partial charge < -0.3 is 4.42 Å². The zero-order valence-corrected chi connectivity index (χ0v) is 25.3. The fourth-order valence-corrected chi connectivity index (χ4v) is 7.94. The number of nitrogens with zero attached hydrogens (tertiary/aromatic N) is 3. The summed E-state index contributed by atoms with van der Waals surface area (Å²) in [6.45, 7) is 0. The SMILES string of the molecule is c1ccc2cc(-c3nc(-c4c5ccccc5cc5oc6ccccc6c45)nc(-c4cccc5sc6ccccc6c45)n3)ccc2c1. The number of hydrogen-bond donors (Lipinski definition) is 0. The minimum absolute atomic E-state index is 0.623. The fraction of sp³-hybridized carbons (Fsp3) is 0. The summed E-state index contributed by atoms with van der Waals surface area (Å²) in [4.78, 5) is 15.8. The van der Waals surface area contributed by atoms with Gasteiger partial charge in [0.25, 0.3) is 0 Å². The van der Waals surface area contributed by atoms with Gasteiger partial charge in [-0.15, -0.1) is 11.3 Å². The highest BCUT2D eigenvalue weighted by molar-refractivity contribution is 7.25. The van der Waals surface area contributed by atoms with Gasteiger partial charge in [-0.05, 0) is 51.9 Å². The Morgan fingerprint density at radius 3 is 2.04 bits per heavy atom. The third kappa shape index (κ3) is 3.82. The van der Waals surface area contributed by atoms with Gasteiger partial charge in [0.1, 0.15) is 11.2 Å². The van der Waals surface area contributed by atoms with Crippen LogP contribution < -0.4 is 0 Å². The molecule has 3 heterocycles. The largest absolute Gasteiger partial charge is 0.456 e. The Morgan fingerprint density at radius 1 is 0.435 bits per heavy atom. The Labute approximate surface area is 267 Å². The molecule has 3 aromatic heterocycles. The molecule has 0 unspecified atom stereocenters. The van der Waals surface area contributed by atoms with Gasteiger partial charge in [-0.2, -0.15) is 0 Å². The molecule has 0 aliphatic carbocycles. The fourth-order valence-electron chi connectivity index (χ4n) is 6.81. The summed E-state index contributed by atoms with van der Waals surface area (Å²) in [7, 11) is 0. The Bertz CT molecular complexity index is 2830. The molecule has 10 aromatic rings. The van der Waals surface area contributed by atoms with Gasteiger partial charge in [0, 0.05) is 47.6 Å². The van der Waals surface area contributed by atoms with Gasteiger partial charge in [-0.1, -0.05) is 109 Å². The highest BCUT2D eigenvalue weighted by atomic mass is 32.1. The molecule has 0 N–H and O–H groups in total. The maximum Gasteiger partial charge on any atom is 0.165 e. The normalized spacial score (nSPS) is 11.9. The van der Waals surface area contributed by atoms with Gasteiger partial charge in [-0.25, -0.2) is 15.0 Å². The second-order valence-corrected chi connectivity index (χ2v) is 12.7. The lowest BCUT2D eigenvalue weighted by molar-refractivity contribution is 0.669. The van der Waals surface area contributed by atoms with E-state index in [0.29, 0.717) is 17.5 Å². The van der Waals surface area contributed by atoms with Crippen LogP contribution >= 0.6 is 11.3 Å². The van der Waals surface area contributed by atoms with Crippen molar-refractivity contribution in [3.63, 3.8) is 0 Å². The third-order valence-electron chi connectivity index (χ3n) is 8.90. The molecule has 0 aliphatic heterocycles. The number of aromatic nitrogens is 3. The van der Waals surface area contributed by atoms with Crippen molar-refractivity contribution in [2.24, 2.45) is 0 Å². The first-order valence-electron chi connectivity index (χ1n) is 15.3. The smallest absolute Gasteiger partial charge is 0.165 e. The highest BCUT2D eigenvalue weighted by Gasteiger charge is 2.22. The van der Waals surface area contributed by atoms with Gasteiger partial charge in [-0.3, -0.25) is 0 Å². The van der Waals surface area contributed by atoms with Crippen LogP contribution in [0.2, 0.25) is 0 Å².